The van der Waals surface area contributed by atoms with Gasteiger partial charge in [0.15, 0.2) is 0 Å². The van der Waals surface area contributed by atoms with Crippen LogP contribution in [0.5, 0.6) is 17.2 Å². The zero-order chi connectivity index (χ0) is 23.9. The van der Waals surface area contributed by atoms with Gasteiger partial charge in [-0.3, -0.25) is 4.79 Å². The zero-order valence-corrected chi connectivity index (χ0v) is 20.1. The number of amides is 1. The second kappa shape index (κ2) is 11.0. The predicted octanol–water partition coefficient (Wildman–Crippen LogP) is 4.58. The summed E-state index contributed by atoms with van der Waals surface area (Å²) in [6.07, 6.45) is 0.410. The Morgan fingerprint density at radius 3 is 1.76 bits per heavy atom. The molecule has 1 saturated heterocycles. The standard InChI is InChI=1S/C28H32N2O4/c1-32-23-12-8-21(9-13-23)25(22-10-14-24(33-2)15-11-22)20-28(31)30-18-16-29(17-19-30)26-6-4-5-7-27(26)34-3/h4-15,25H,16-20H2,1-3H3. The third kappa shape index (κ3) is 5.28. The van der Waals surface area contributed by atoms with Crippen LogP contribution in [0.15, 0.2) is 72.8 Å². The van der Waals surface area contributed by atoms with Crippen molar-refractivity contribution in [1.82, 2.24) is 4.90 Å². The topological polar surface area (TPSA) is 51.2 Å². The van der Waals surface area contributed by atoms with Crippen molar-refractivity contribution >= 4 is 11.6 Å². The van der Waals surface area contributed by atoms with Gasteiger partial charge in [-0.25, -0.2) is 0 Å². The van der Waals surface area contributed by atoms with Crippen LogP contribution < -0.4 is 19.1 Å². The summed E-state index contributed by atoms with van der Waals surface area (Å²) in [5.41, 5.74) is 3.25. The molecular weight excluding hydrogens is 428 g/mol. The predicted molar refractivity (Wildman–Crippen MR) is 134 cm³/mol. The highest BCUT2D eigenvalue weighted by Crippen LogP contribution is 2.32. The third-order valence-corrected chi connectivity index (χ3v) is 6.47. The molecule has 0 unspecified atom stereocenters. The lowest BCUT2D eigenvalue weighted by Gasteiger charge is -2.37. The molecule has 3 aromatic carbocycles. The molecule has 0 spiro atoms. The van der Waals surface area contributed by atoms with Crippen LogP contribution in [0.4, 0.5) is 5.69 Å². The Labute approximate surface area is 201 Å². The van der Waals surface area contributed by atoms with Crippen molar-refractivity contribution in [2.24, 2.45) is 0 Å². The fourth-order valence-electron chi connectivity index (χ4n) is 4.49. The van der Waals surface area contributed by atoms with E-state index in [9.17, 15) is 4.79 Å². The lowest BCUT2D eigenvalue weighted by Crippen LogP contribution is -2.49. The molecule has 0 saturated carbocycles. The molecule has 1 aliphatic rings. The van der Waals surface area contributed by atoms with Crippen molar-refractivity contribution in [3.63, 3.8) is 0 Å². The Hall–Kier alpha value is -3.67. The van der Waals surface area contributed by atoms with Crippen LogP contribution in [0.2, 0.25) is 0 Å². The lowest BCUT2D eigenvalue weighted by molar-refractivity contribution is -0.131. The summed E-state index contributed by atoms with van der Waals surface area (Å²) >= 11 is 0. The number of para-hydroxylation sites is 2. The van der Waals surface area contributed by atoms with Crippen LogP contribution >= 0.6 is 0 Å². The van der Waals surface area contributed by atoms with E-state index in [4.69, 9.17) is 14.2 Å². The molecular formula is C28H32N2O4. The molecule has 0 N–H and O–H groups in total. The van der Waals surface area contributed by atoms with Crippen molar-refractivity contribution in [2.75, 3.05) is 52.4 Å². The minimum absolute atomic E-state index is 0.0449. The molecule has 0 radical (unpaired) electrons. The SMILES string of the molecule is COc1ccc(C(CC(=O)N2CCN(c3ccccc3OC)CC2)c2ccc(OC)cc2)cc1. The number of benzene rings is 3. The van der Waals surface area contributed by atoms with Crippen LogP contribution in [0.3, 0.4) is 0 Å². The maximum atomic E-state index is 13.4. The number of hydrogen-bond acceptors (Lipinski definition) is 5. The fraction of sp³-hybridized carbons (Fsp3) is 0.321. The van der Waals surface area contributed by atoms with Crippen molar-refractivity contribution < 1.29 is 19.0 Å². The summed E-state index contributed by atoms with van der Waals surface area (Å²) in [6.45, 7) is 2.94. The second-order valence-electron chi connectivity index (χ2n) is 8.34. The number of carbonyl (C=O) groups excluding carboxylic acids is 1. The van der Waals surface area contributed by atoms with Crippen molar-refractivity contribution in [2.45, 2.75) is 12.3 Å². The molecule has 0 bridgehead atoms. The monoisotopic (exact) mass is 460 g/mol. The van der Waals surface area contributed by atoms with E-state index in [0.29, 0.717) is 19.5 Å². The van der Waals surface area contributed by atoms with E-state index in [-0.39, 0.29) is 11.8 Å². The van der Waals surface area contributed by atoms with Gasteiger partial charge in [0.2, 0.25) is 5.91 Å². The molecule has 1 aliphatic heterocycles. The Balaban J connectivity index is 1.48. The highest BCUT2D eigenvalue weighted by molar-refractivity contribution is 5.78. The van der Waals surface area contributed by atoms with Gasteiger partial charge in [-0.15, -0.1) is 0 Å². The molecule has 0 atom stereocenters. The molecule has 6 heteroatoms. The largest absolute Gasteiger partial charge is 0.497 e. The normalized spacial score (nSPS) is 13.6. The van der Waals surface area contributed by atoms with Crippen molar-refractivity contribution in [3.8, 4) is 17.2 Å². The Morgan fingerprint density at radius 2 is 1.26 bits per heavy atom. The highest BCUT2D eigenvalue weighted by Gasteiger charge is 2.26. The smallest absolute Gasteiger partial charge is 0.223 e. The van der Waals surface area contributed by atoms with E-state index < -0.39 is 0 Å². The van der Waals surface area contributed by atoms with Crippen LogP contribution in [0.25, 0.3) is 0 Å². The number of methoxy groups -OCH3 is 3. The first-order chi connectivity index (χ1) is 16.6. The average Bonchev–Trinajstić information content (AvgIpc) is 2.92. The average molecular weight is 461 g/mol. The van der Waals surface area contributed by atoms with Crippen LogP contribution in [-0.2, 0) is 4.79 Å². The summed E-state index contributed by atoms with van der Waals surface area (Å²) in [4.78, 5) is 17.7. The first-order valence-corrected chi connectivity index (χ1v) is 11.6. The molecule has 3 aromatic rings. The Kier molecular flexibility index (Phi) is 7.58. The molecule has 0 aliphatic carbocycles. The van der Waals surface area contributed by atoms with Gasteiger partial charge in [0.05, 0.1) is 27.0 Å². The molecule has 1 heterocycles. The maximum absolute atomic E-state index is 13.4. The van der Waals surface area contributed by atoms with Gasteiger partial charge in [-0.1, -0.05) is 36.4 Å². The minimum Gasteiger partial charge on any atom is -0.497 e. The molecule has 1 fully saturated rings. The van der Waals surface area contributed by atoms with E-state index >= 15 is 0 Å². The van der Waals surface area contributed by atoms with Gasteiger partial charge in [0.25, 0.3) is 0 Å². The van der Waals surface area contributed by atoms with Gasteiger partial charge >= 0.3 is 0 Å². The van der Waals surface area contributed by atoms with E-state index in [1.165, 1.54) is 0 Å². The van der Waals surface area contributed by atoms with Gasteiger partial charge < -0.3 is 24.0 Å². The van der Waals surface area contributed by atoms with E-state index in [1.807, 2.05) is 71.6 Å². The van der Waals surface area contributed by atoms with Crippen LogP contribution in [0, 0.1) is 0 Å². The molecule has 178 valence electrons. The van der Waals surface area contributed by atoms with Crippen molar-refractivity contribution in [1.29, 1.82) is 0 Å². The molecule has 1 amide bonds. The summed E-state index contributed by atoms with van der Waals surface area (Å²) in [7, 11) is 5.01. The van der Waals surface area contributed by atoms with Gasteiger partial charge in [0.1, 0.15) is 17.2 Å². The minimum atomic E-state index is -0.0449. The Morgan fingerprint density at radius 1 is 0.735 bits per heavy atom. The quantitative estimate of drug-likeness (QED) is 0.492. The van der Waals surface area contributed by atoms with Crippen LogP contribution in [0.1, 0.15) is 23.5 Å². The van der Waals surface area contributed by atoms with Gasteiger partial charge in [0, 0.05) is 38.5 Å². The Bertz CT molecular complexity index is 1030. The summed E-state index contributed by atoms with van der Waals surface area (Å²) in [5.74, 6) is 2.58. The first-order valence-electron chi connectivity index (χ1n) is 11.6. The number of rotatable bonds is 8. The lowest BCUT2D eigenvalue weighted by atomic mass is 9.88. The number of hydrogen-bond donors (Lipinski definition) is 0. The van der Waals surface area contributed by atoms with Crippen LogP contribution in [-0.4, -0.2) is 58.3 Å². The second-order valence-corrected chi connectivity index (χ2v) is 8.34. The zero-order valence-electron chi connectivity index (χ0n) is 20.1. The molecule has 6 nitrogen and oxygen atoms in total. The third-order valence-electron chi connectivity index (χ3n) is 6.47. The number of piperazine rings is 1. The van der Waals surface area contributed by atoms with Gasteiger partial charge in [-0.05, 0) is 47.5 Å². The molecule has 0 aromatic heterocycles. The van der Waals surface area contributed by atoms with E-state index in [1.54, 1.807) is 21.3 Å². The molecule has 4 rings (SSSR count). The number of carbonyl (C=O) groups is 1. The van der Waals surface area contributed by atoms with E-state index in [0.717, 1.165) is 47.2 Å². The van der Waals surface area contributed by atoms with Crippen molar-refractivity contribution in [3.05, 3.63) is 83.9 Å². The number of anilines is 1. The van der Waals surface area contributed by atoms with E-state index in [2.05, 4.69) is 11.0 Å². The first kappa shape index (κ1) is 23.5. The fourth-order valence-corrected chi connectivity index (χ4v) is 4.49. The van der Waals surface area contributed by atoms with Gasteiger partial charge in [-0.2, -0.15) is 0 Å². The molecule has 34 heavy (non-hydrogen) atoms. The highest BCUT2D eigenvalue weighted by atomic mass is 16.5. The summed E-state index contributed by atoms with van der Waals surface area (Å²) in [6, 6.07) is 24.0. The summed E-state index contributed by atoms with van der Waals surface area (Å²) in [5, 5.41) is 0. The maximum Gasteiger partial charge on any atom is 0.223 e. The number of ether oxygens (including phenoxy) is 3. The number of nitrogens with zero attached hydrogens (tertiary/aromatic N) is 2. The summed E-state index contributed by atoms with van der Waals surface area (Å²) < 4.78 is 16.2.